The quantitative estimate of drug-likeness (QED) is 0.194. The SMILES string of the molecule is COc1ccc(C2=NN(C(=O)CSc3nnc(CNC(=O)c4ccco4)n3Cc3ccccc3)[C@H](c3ccc(F)cc3)C2)cc1. The van der Waals surface area contributed by atoms with Crippen LogP contribution in [0.4, 0.5) is 4.39 Å². The molecule has 0 radical (unpaired) electrons. The lowest BCUT2D eigenvalue weighted by atomic mass is 9.98. The molecule has 0 spiro atoms. The van der Waals surface area contributed by atoms with Gasteiger partial charge < -0.3 is 19.0 Å². The highest BCUT2D eigenvalue weighted by molar-refractivity contribution is 7.99. The second-order valence-corrected chi connectivity index (χ2v) is 11.1. The lowest BCUT2D eigenvalue weighted by molar-refractivity contribution is -0.130. The Morgan fingerprint density at radius 2 is 1.78 bits per heavy atom. The smallest absolute Gasteiger partial charge is 0.287 e. The van der Waals surface area contributed by atoms with Gasteiger partial charge in [0, 0.05) is 6.42 Å². The molecule has 2 aromatic heterocycles. The number of methoxy groups -OCH3 is 1. The number of thioether (sulfide) groups is 1. The van der Waals surface area contributed by atoms with E-state index in [0.29, 0.717) is 23.9 Å². The van der Waals surface area contributed by atoms with Gasteiger partial charge in [0.2, 0.25) is 0 Å². The predicted octanol–water partition coefficient (Wildman–Crippen LogP) is 5.47. The van der Waals surface area contributed by atoms with Crippen LogP contribution in [0, 0.1) is 5.82 Å². The van der Waals surface area contributed by atoms with Crippen molar-refractivity contribution in [2.45, 2.75) is 30.7 Å². The molecule has 2 amide bonds. The summed E-state index contributed by atoms with van der Waals surface area (Å²) in [6.45, 7) is 0.556. The largest absolute Gasteiger partial charge is 0.497 e. The van der Waals surface area contributed by atoms with E-state index in [1.165, 1.54) is 35.2 Å². The number of hydrazone groups is 1. The topological polar surface area (TPSA) is 115 Å². The molecular formula is C33H29FN6O4S. The zero-order valence-electron chi connectivity index (χ0n) is 24.3. The number of ether oxygens (including phenoxy) is 1. The van der Waals surface area contributed by atoms with Crippen molar-refractivity contribution in [3.8, 4) is 5.75 Å². The van der Waals surface area contributed by atoms with Crippen LogP contribution in [0.5, 0.6) is 5.75 Å². The van der Waals surface area contributed by atoms with Gasteiger partial charge in [0.25, 0.3) is 11.8 Å². The number of carbonyl (C=O) groups is 2. The zero-order valence-corrected chi connectivity index (χ0v) is 25.1. The van der Waals surface area contributed by atoms with Gasteiger partial charge in [-0.05, 0) is 65.2 Å². The molecule has 12 heteroatoms. The number of hydrogen-bond donors (Lipinski definition) is 1. The van der Waals surface area contributed by atoms with Gasteiger partial charge in [-0.1, -0.05) is 54.2 Å². The first-order valence-corrected chi connectivity index (χ1v) is 15.2. The number of furan rings is 1. The first-order valence-electron chi connectivity index (χ1n) is 14.2. The van der Waals surface area contributed by atoms with Crippen LogP contribution in [0.15, 0.2) is 112 Å². The lowest BCUT2D eigenvalue weighted by Crippen LogP contribution is -2.28. The Morgan fingerprint density at radius 3 is 2.49 bits per heavy atom. The van der Waals surface area contributed by atoms with Gasteiger partial charge in [0.05, 0.1) is 44.0 Å². The number of halogens is 1. The van der Waals surface area contributed by atoms with Crippen molar-refractivity contribution in [1.82, 2.24) is 25.1 Å². The number of benzene rings is 3. The van der Waals surface area contributed by atoms with E-state index in [2.05, 4.69) is 15.5 Å². The van der Waals surface area contributed by atoms with Crippen LogP contribution >= 0.6 is 11.8 Å². The number of rotatable bonds is 11. The maximum atomic E-state index is 13.8. The molecule has 228 valence electrons. The van der Waals surface area contributed by atoms with Crippen LogP contribution in [0.25, 0.3) is 0 Å². The summed E-state index contributed by atoms with van der Waals surface area (Å²) in [7, 11) is 1.60. The third-order valence-electron chi connectivity index (χ3n) is 7.30. The molecule has 3 aromatic carbocycles. The number of nitrogens with zero attached hydrogens (tertiary/aromatic N) is 5. The fourth-order valence-electron chi connectivity index (χ4n) is 4.97. The summed E-state index contributed by atoms with van der Waals surface area (Å²) < 4.78 is 26.1. The molecule has 6 rings (SSSR count). The summed E-state index contributed by atoms with van der Waals surface area (Å²) in [6, 6.07) is 26.2. The second-order valence-electron chi connectivity index (χ2n) is 10.2. The molecule has 5 aromatic rings. The molecule has 1 aliphatic rings. The normalized spacial score (nSPS) is 14.3. The van der Waals surface area contributed by atoms with E-state index in [9.17, 15) is 14.0 Å². The summed E-state index contributed by atoms with van der Waals surface area (Å²) >= 11 is 1.24. The van der Waals surface area contributed by atoms with Crippen molar-refractivity contribution < 1.29 is 23.1 Å². The Kier molecular flexibility index (Phi) is 9.01. The van der Waals surface area contributed by atoms with Gasteiger partial charge in [-0.3, -0.25) is 9.59 Å². The molecule has 0 saturated heterocycles. The number of carbonyl (C=O) groups excluding carboxylic acids is 2. The van der Waals surface area contributed by atoms with Crippen molar-refractivity contribution >= 4 is 29.3 Å². The fourth-order valence-corrected chi connectivity index (χ4v) is 5.78. The van der Waals surface area contributed by atoms with Crippen LogP contribution < -0.4 is 10.1 Å². The van der Waals surface area contributed by atoms with Crippen molar-refractivity contribution in [1.29, 1.82) is 0 Å². The van der Waals surface area contributed by atoms with Crippen molar-refractivity contribution in [3.05, 3.63) is 131 Å². The van der Waals surface area contributed by atoms with Crippen LogP contribution in [-0.2, 0) is 17.9 Å². The Balaban J connectivity index is 1.22. The molecule has 1 aliphatic heterocycles. The van der Waals surface area contributed by atoms with E-state index in [1.54, 1.807) is 31.4 Å². The summed E-state index contributed by atoms with van der Waals surface area (Å²) in [6.07, 6.45) is 1.90. The second kappa shape index (κ2) is 13.6. The number of hydrogen-bond acceptors (Lipinski definition) is 8. The Bertz CT molecular complexity index is 1790. The Labute approximate surface area is 262 Å². The maximum absolute atomic E-state index is 13.8. The monoisotopic (exact) mass is 624 g/mol. The number of amides is 2. The first kappa shape index (κ1) is 29.8. The third-order valence-corrected chi connectivity index (χ3v) is 8.25. The van der Waals surface area contributed by atoms with E-state index in [-0.39, 0.29) is 35.7 Å². The molecule has 1 N–H and O–H groups in total. The van der Waals surface area contributed by atoms with Crippen molar-refractivity contribution in [2.75, 3.05) is 12.9 Å². The highest BCUT2D eigenvalue weighted by atomic mass is 32.2. The highest BCUT2D eigenvalue weighted by Crippen LogP contribution is 2.34. The molecule has 0 bridgehead atoms. The zero-order chi connectivity index (χ0) is 31.2. The van der Waals surface area contributed by atoms with Gasteiger partial charge in [-0.2, -0.15) is 5.10 Å². The first-order chi connectivity index (χ1) is 22.0. The van der Waals surface area contributed by atoms with E-state index >= 15 is 0 Å². The molecule has 3 heterocycles. The molecular weight excluding hydrogens is 595 g/mol. The highest BCUT2D eigenvalue weighted by Gasteiger charge is 2.33. The number of aromatic nitrogens is 3. The van der Waals surface area contributed by atoms with E-state index < -0.39 is 6.04 Å². The van der Waals surface area contributed by atoms with Crippen LogP contribution in [0.1, 0.15) is 45.5 Å². The minimum atomic E-state index is -0.398. The lowest BCUT2D eigenvalue weighted by Gasteiger charge is -2.22. The van der Waals surface area contributed by atoms with Gasteiger partial charge in [0.15, 0.2) is 16.7 Å². The van der Waals surface area contributed by atoms with E-state index in [4.69, 9.17) is 14.3 Å². The summed E-state index contributed by atoms with van der Waals surface area (Å²) in [5.41, 5.74) is 3.40. The molecule has 1 atom stereocenters. The standard InChI is InChI=1S/C33H29FN6O4S/c1-43-26-15-11-23(12-16-26)27-18-28(24-9-13-25(34)14-10-24)40(38-27)31(41)21-45-33-37-36-30(19-35-32(42)29-8-5-17-44-29)39(33)20-22-6-3-2-4-7-22/h2-17,28H,18-21H2,1H3,(H,35,42)/t28-/m0/s1. The molecule has 0 unspecified atom stereocenters. The van der Waals surface area contributed by atoms with Crippen LogP contribution in [-0.4, -0.2) is 50.2 Å². The third kappa shape index (κ3) is 6.96. The van der Waals surface area contributed by atoms with Crippen molar-refractivity contribution in [3.63, 3.8) is 0 Å². The van der Waals surface area contributed by atoms with E-state index in [1.807, 2.05) is 59.2 Å². The molecule has 45 heavy (non-hydrogen) atoms. The number of nitrogens with one attached hydrogen (secondary N) is 1. The molecule has 0 aliphatic carbocycles. The minimum absolute atomic E-state index is 0.0305. The summed E-state index contributed by atoms with van der Waals surface area (Å²) in [5.74, 6) is 0.513. The fraction of sp³-hybridized carbons (Fsp3) is 0.182. The molecule has 10 nitrogen and oxygen atoms in total. The summed E-state index contributed by atoms with van der Waals surface area (Å²) in [4.78, 5) is 26.2. The Hall–Kier alpha value is -5.23. The predicted molar refractivity (Wildman–Crippen MR) is 166 cm³/mol. The average molecular weight is 625 g/mol. The Morgan fingerprint density at radius 1 is 1.00 bits per heavy atom. The molecule has 0 fully saturated rings. The van der Waals surface area contributed by atoms with Gasteiger partial charge in [-0.15, -0.1) is 10.2 Å². The van der Waals surface area contributed by atoms with Crippen molar-refractivity contribution in [2.24, 2.45) is 5.10 Å². The summed E-state index contributed by atoms with van der Waals surface area (Å²) in [5, 5.41) is 18.2. The molecule has 0 saturated carbocycles. The van der Waals surface area contributed by atoms with Crippen LogP contribution in [0.2, 0.25) is 0 Å². The van der Waals surface area contributed by atoms with Crippen LogP contribution in [0.3, 0.4) is 0 Å². The van der Waals surface area contributed by atoms with Gasteiger partial charge in [0.1, 0.15) is 11.6 Å². The maximum Gasteiger partial charge on any atom is 0.287 e. The average Bonchev–Trinajstić information content (AvgIpc) is 3.85. The minimum Gasteiger partial charge on any atom is -0.497 e. The van der Waals surface area contributed by atoms with Gasteiger partial charge >= 0.3 is 0 Å². The van der Waals surface area contributed by atoms with Gasteiger partial charge in [-0.25, -0.2) is 9.40 Å². The van der Waals surface area contributed by atoms with E-state index in [0.717, 1.165) is 28.2 Å².